The average molecular weight is 207 g/mol. The molecule has 0 atom stereocenters. The molecule has 2 heterocycles. The lowest BCUT2D eigenvalue weighted by Gasteiger charge is -2.02. The molecular formula is C9H9N3O3. The van der Waals surface area contributed by atoms with Crippen molar-refractivity contribution in [3.63, 3.8) is 0 Å². The molecule has 78 valence electrons. The number of carboxylic acid groups (broad SMARTS) is 1. The fourth-order valence-electron chi connectivity index (χ4n) is 1.33. The topological polar surface area (TPSA) is 88.3 Å². The van der Waals surface area contributed by atoms with Crippen molar-refractivity contribution in [2.45, 2.75) is 6.92 Å². The Labute approximate surface area is 84.9 Å². The largest absolute Gasteiger partial charge is 0.480 e. The molecule has 0 saturated heterocycles. The quantitative estimate of drug-likeness (QED) is 0.781. The SMILES string of the molecule is Cc1noc2ccnc(NCC(=O)O)c12. The Morgan fingerprint density at radius 3 is 3.20 bits per heavy atom. The predicted octanol–water partition coefficient (Wildman–Crippen LogP) is 1.03. The molecule has 0 fully saturated rings. The van der Waals surface area contributed by atoms with Crippen LogP contribution in [0.3, 0.4) is 0 Å². The van der Waals surface area contributed by atoms with Gasteiger partial charge in [-0.05, 0) is 6.92 Å². The smallest absolute Gasteiger partial charge is 0.322 e. The first-order chi connectivity index (χ1) is 7.18. The Balaban J connectivity index is 2.41. The van der Waals surface area contributed by atoms with E-state index >= 15 is 0 Å². The molecule has 0 radical (unpaired) electrons. The minimum absolute atomic E-state index is 0.184. The second kappa shape index (κ2) is 3.56. The molecule has 6 heteroatoms. The Bertz CT molecular complexity index is 506. The molecule has 0 bridgehead atoms. The van der Waals surface area contributed by atoms with Gasteiger partial charge < -0.3 is 14.9 Å². The maximum atomic E-state index is 10.4. The molecular weight excluding hydrogens is 198 g/mol. The maximum absolute atomic E-state index is 10.4. The van der Waals surface area contributed by atoms with Gasteiger partial charge in [0.05, 0.1) is 11.1 Å². The Kier molecular flexibility index (Phi) is 2.24. The molecule has 0 aromatic carbocycles. The molecule has 2 aromatic heterocycles. The average Bonchev–Trinajstić information content (AvgIpc) is 2.58. The fraction of sp³-hybridized carbons (Fsp3) is 0.222. The molecule has 0 saturated carbocycles. The summed E-state index contributed by atoms with van der Waals surface area (Å²) in [5, 5.41) is 15.7. The third-order valence-electron chi connectivity index (χ3n) is 1.96. The molecule has 0 aliphatic rings. The van der Waals surface area contributed by atoms with Crippen molar-refractivity contribution < 1.29 is 14.4 Å². The highest BCUT2D eigenvalue weighted by molar-refractivity contribution is 5.90. The van der Waals surface area contributed by atoms with Gasteiger partial charge in [0.15, 0.2) is 5.58 Å². The number of anilines is 1. The molecule has 15 heavy (non-hydrogen) atoms. The molecule has 0 amide bonds. The lowest BCUT2D eigenvalue weighted by Crippen LogP contribution is -2.13. The number of hydrogen-bond acceptors (Lipinski definition) is 5. The van der Waals surface area contributed by atoms with Gasteiger partial charge in [0.25, 0.3) is 0 Å². The van der Waals surface area contributed by atoms with Gasteiger partial charge in [-0.25, -0.2) is 4.98 Å². The van der Waals surface area contributed by atoms with Crippen molar-refractivity contribution in [1.29, 1.82) is 0 Å². The summed E-state index contributed by atoms with van der Waals surface area (Å²) in [6.07, 6.45) is 1.54. The van der Waals surface area contributed by atoms with E-state index in [1.165, 1.54) is 6.20 Å². The van der Waals surface area contributed by atoms with E-state index < -0.39 is 5.97 Å². The summed E-state index contributed by atoms with van der Waals surface area (Å²) in [5.74, 6) is -0.462. The van der Waals surface area contributed by atoms with Crippen molar-refractivity contribution in [3.8, 4) is 0 Å². The van der Waals surface area contributed by atoms with Gasteiger partial charge in [0.1, 0.15) is 12.4 Å². The summed E-state index contributed by atoms with van der Waals surface area (Å²) >= 11 is 0. The number of aromatic nitrogens is 2. The van der Waals surface area contributed by atoms with Gasteiger partial charge in [0, 0.05) is 12.3 Å². The molecule has 6 nitrogen and oxygen atoms in total. The highest BCUT2D eigenvalue weighted by Gasteiger charge is 2.10. The van der Waals surface area contributed by atoms with Crippen molar-refractivity contribution in [3.05, 3.63) is 18.0 Å². The minimum Gasteiger partial charge on any atom is -0.480 e. The zero-order valence-corrected chi connectivity index (χ0v) is 8.02. The number of hydrogen-bond donors (Lipinski definition) is 2. The van der Waals surface area contributed by atoms with Gasteiger partial charge in [-0.2, -0.15) is 0 Å². The van der Waals surface area contributed by atoms with E-state index in [0.717, 1.165) is 5.39 Å². The lowest BCUT2D eigenvalue weighted by atomic mass is 10.2. The van der Waals surface area contributed by atoms with Crippen LogP contribution in [-0.4, -0.2) is 27.8 Å². The number of aryl methyl sites for hydroxylation is 1. The first kappa shape index (κ1) is 9.45. The second-order valence-electron chi connectivity index (χ2n) is 3.05. The first-order valence-corrected chi connectivity index (χ1v) is 4.35. The summed E-state index contributed by atoms with van der Waals surface area (Å²) in [5.41, 5.74) is 1.28. The van der Waals surface area contributed by atoms with Gasteiger partial charge in [0.2, 0.25) is 0 Å². The van der Waals surface area contributed by atoms with E-state index in [4.69, 9.17) is 9.63 Å². The number of carboxylic acids is 1. The zero-order chi connectivity index (χ0) is 10.8. The van der Waals surface area contributed by atoms with Gasteiger partial charge in [-0.15, -0.1) is 0 Å². The number of pyridine rings is 1. The molecule has 2 N–H and O–H groups in total. The highest BCUT2D eigenvalue weighted by atomic mass is 16.5. The number of rotatable bonds is 3. The summed E-state index contributed by atoms with van der Waals surface area (Å²) < 4.78 is 5.02. The number of carbonyl (C=O) groups is 1. The van der Waals surface area contributed by atoms with Gasteiger partial charge >= 0.3 is 5.97 Å². The Morgan fingerprint density at radius 1 is 1.67 bits per heavy atom. The van der Waals surface area contributed by atoms with Crippen LogP contribution in [0.1, 0.15) is 5.69 Å². The lowest BCUT2D eigenvalue weighted by molar-refractivity contribution is -0.134. The summed E-state index contributed by atoms with van der Waals surface area (Å²) in [4.78, 5) is 14.4. The number of aliphatic carboxylic acids is 1. The maximum Gasteiger partial charge on any atom is 0.322 e. The van der Waals surface area contributed by atoms with E-state index in [1.807, 2.05) is 0 Å². The van der Waals surface area contributed by atoms with Crippen molar-refractivity contribution >= 4 is 22.8 Å². The summed E-state index contributed by atoms with van der Waals surface area (Å²) in [7, 11) is 0. The molecule has 0 unspecified atom stereocenters. The Morgan fingerprint density at radius 2 is 2.47 bits per heavy atom. The molecule has 2 aromatic rings. The van der Waals surface area contributed by atoms with Crippen LogP contribution in [0.25, 0.3) is 11.0 Å². The van der Waals surface area contributed by atoms with Crippen LogP contribution in [-0.2, 0) is 4.79 Å². The molecule has 0 aliphatic heterocycles. The molecule has 2 rings (SSSR count). The minimum atomic E-state index is -0.942. The highest BCUT2D eigenvalue weighted by Crippen LogP contribution is 2.23. The van der Waals surface area contributed by atoms with Gasteiger partial charge in [-0.3, -0.25) is 4.79 Å². The number of nitrogens with one attached hydrogen (secondary N) is 1. The van der Waals surface area contributed by atoms with Crippen molar-refractivity contribution in [2.75, 3.05) is 11.9 Å². The van der Waals surface area contributed by atoms with Crippen LogP contribution < -0.4 is 5.32 Å². The molecule has 0 aliphatic carbocycles. The zero-order valence-electron chi connectivity index (χ0n) is 8.02. The summed E-state index contributed by atoms with van der Waals surface area (Å²) in [6, 6.07) is 1.68. The second-order valence-corrected chi connectivity index (χ2v) is 3.05. The van der Waals surface area contributed by atoms with Crippen LogP contribution in [0.15, 0.2) is 16.8 Å². The van der Waals surface area contributed by atoms with Crippen LogP contribution in [0, 0.1) is 6.92 Å². The number of fused-ring (bicyclic) bond motifs is 1. The van der Waals surface area contributed by atoms with Crippen molar-refractivity contribution in [1.82, 2.24) is 10.1 Å². The third-order valence-corrected chi connectivity index (χ3v) is 1.96. The summed E-state index contributed by atoms with van der Waals surface area (Å²) in [6.45, 7) is 1.59. The first-order valence-electron chi connectivity index (χ1n) is 4.35. The molecule has 0 spiro atoms. The van der Waals surface area contributed by atoms with E-state index in [2.05, 4.69) is 15.5 Å². The standard InChI is InChI=1S/C9H9N3O3/c1-5-8-6(15-12-5)2-3-10-9(8)11-4-7(13)14/h2-3H,4H2,1H3,(H,10,11)(H,13,14). The van der Waals surface area contributed by atoms with Crippen molar-refractivity contribution in [2.24, 2.45) is 0 Å². The normalized spacial score (nSPS) is 10.5. The van der Waals surface area contributed by atoms with Gasteiger partial charge in [-0.1, -0.05) is 5.16 Å². The van der Waals surface area contributed by atoms with E-state index in [0.29, 0.717) is 17.1 Å². The van der Waals surface area contributed by atoms with E-state index in [1.54, 1.807) is 13.0 Å². The van der Waals surface area contributed by atoms with Crippen LogP contribution in [0.2, 0.25) is 0 Å². The van der Waals surface area contributed by atoms with Crippen LogP contribution >= 0.6 is 0 Å². The number of nitrogens with zero attached hydrogens (tertiary/aromatic N) is 2. The Hall–Kier alpha value is -2.11. The fourth-order valence-corrected chi connectivity index (χ4v) is 1.33. The van der Waals surface area contributed by atoms with E-state index in [9.17, 15) is 4.79 Å². The van der Waals surface area contributed by atoms with Crippen LogP contribution in [0.5, 0.6) is 0 Å². The predicted molar refractivity (Wildman–Crippen MR) is 52.7 cm³/mol. The van der Waals surface area contributed by atoms with Crippen LogP contribution in [0.4, 0.5) is 5.82 Å². The third kappa shape index (κ3) is 1.74. The monoisotopic (exact) mass is 207 g/mol. The van der Waals surface area contributed by atoms with E-state index in [-0.39, 0.29) is 6.54 Å².